The molecular weight excluding hydrogens is 454 g/mol. The summed E-state index contributed by atoms with van der Waals surface area (Å²) in [5.41, 5.74) is 11.1. The Morgan fingerprint density at radius 2 is 1.86 bits per heavy atom. The summed E-state index contributed by atoms with van der Waals surface area (Å²) in [6.07, 6.45) is 1.84. The molecule has 1 amide bonds. The van der Waals surface area contributed by atoms with Crippen molar-refractivity contribution in [2.75, 3.05) is 24.8 Å². The van der Waals surface area contributed by atoms with Gasteiger partial charge in [0.15, 0.2) is 18.1 Å². The molecular formula is C28H23N5O3. The first-order chi connectivity index (χ1) is 17.4. The van der Waals surface area contributed by atoms with Gasteiger partial charge in [0.2, 0.25) is 0 Å². The molecule has 1 heterocycles. The van der Waals surface area contributed by atoms with E-state index in [1.807, 2.05) is 37.3 Å². The average Bonchev–Trinajstić information content (AvgIpc) is 3.14. The van der Waals surface area contributed by atoms with Crippen LogP contribution in [0.5, 0.6) is 11.5 Å². The number of allylic oxidation sites excluding steroid dienone is 3. The minimum absolute atomic E-state index is 0.0883. The molecule has 3 aromatic rings. The Labute approximate surface area is 208 Å². The predicted octanol–water partition coefficient (Wildman–Crippen LogP) is 4.72. The quantitative estimate of drug-likeness (QED) is 0.524. The van der Waals surface area contributed by atoms with E-state index in [9.17, 15) is 15.3 Å². The molecule has 0 atom stereocenters. The number of hydrogen-bond acceptors (Lipinski definition) is 7. The molecule has 2 aromatic carbocycles. The standard InChI is InChI=1S/C28H23N5O3/c1-16-20(25-17(2)22(14-30)28(31)33-26(25)21(16)13-29)12-18-8-7-11-23(35-3)27(18)36-15-24(34)32-19-9-5-4-6-10-19/h4-12H,15H2,1-3H3,(H2,31,33)(H,32,34)/b20-12+. The van der Waals surface area contributed by atoms with Gasteiger partial charge in [-0.3, -0.25) is 4.79 Å². The Hall–Kier alpha value is -5.08. The second-order valence-corrected chi connectivity index (χ2v) is 8.08. The Kier molecular flexibility index (Phi) is 6.71. The Bertz CT molecular complexity index is 1510. The second kappa shape index (κ2) is 10.0. The van der Waals surface area contributed by atoms with Crippen molar-refractivity contribution in [1.29, 1.82) is 10.5 Å². The average molecular weight is 478 g/mol. The summed E-state index contributed by atoms with van der Waals surface area (Å²) in [4.78, 5) is 16.9. The number of aromatic nitrogens is 1. The summed E-state index contributed by atoms with van der Waals surface area (Å²) < 4.78 is 11.4. The highest BCUT2D eigenvalue weighted by molar-refractivity contribution is 6.09. The molecule has 0 bridgehead atoms. The van der Waals surface area contributed by atoms with E-state index in [0.29, 0.717) is 50.7 Å². The number of nitrogens with one attached hydrogen (secondary N) is 1. The number of para-hydroxylation sites is 2. The van der Waals surface area contributed by atoms with Crippen molar-refractivity contribution in [3.8, 4) is 23.6 Å². The number of pyridine rings is 1. The Morgan fingerprint density at radius 3 is 2.53 bits per heavy atom. The predicted molar refractivity (Wildman–Crippen MR) is 138 cm³/mol. The zero-order valence-corrected chi connectivity index (χ0v) is 20.0. The van der Waals surface area contributed by atoms with Gasteiger partial charge in [0, 0.05) is 16.8 Å². The van der Waals surface area contributed by atoms with Crippen LogP contribution in [0.25, 0.3) is 17.2 Å². The molecule has 3 N–H and O–H groups in total. The van der Waals surface area contributed by atoms with Gasteiger partial charge in [-0.1, -0.05) is 30.3 Å². The first kappa shape index (κ1) is 24.1. The van der Waals surface area contributed by atoms with E-state index in [1.165, 1.54) is 7.11 Å². The number of nitrogens with zero attached hydrogens (tertiary/aromatic N) is 3. The van der Waals surface area contributed by atoms with Gasteiger partial charge in [-0.2, -0.15) is 10.5 Å². The number of nitrogens with two attached hydrogens (primary N) is 1. The molecule has 178 valence electrons. The number of fused-ring (bicyclic) bond motifs is 1. The van der Waals surface area contributed by atoms with Crippen LogP contribution in [-0.4, -0.2) is 24.6 Å². The van der Waals surface area contributed by atoms with Gasteiger partial charge in [0.1, 0.15) is 18.0 Å². The maximum absolute atomic E-state index is 12.5. The second-order valence-electron chi connectivity index (χ2n) is 8.08. The van der Waals surface area contributed by atoms with Gasteiger partial charge in [-0.05, 0) is 54.8 Å². The van der Waals surface area contributed by atoms with Gasteiger partial charge in [-0.15, -0.1) is 0 Å². The van der Waals surface area contributed by atoms with Crippen LogP contribution in [0.15, 0.2) is 54.1 Å². The van der Waals surface area contributed by atoms with Crippen LogP contribution in [0.3, 0.4) is 0 Å². The van der Waals surface area contributed by atoms with Crippen LogP contribution in [0.2, 0.25) is 0 Å². The highest BCUT2D eigenvalue weighted by Gasteiger charge is 2.30. The lowest BCUT2D eigenvalue weighted by Crippen LogP contribution is -2.20. The molecule has 0 radical (unpaired) electrons. The Morgan fingerprint density at radius 1 is 1.11 bits per heavy atom. The first-order valence-electron chi connectivity index (χ1n) is 11.1. The van der Waals surface area contributed by atoms with E-state index in [4.69, 9.17) is 15.2 Å². The molecule has 0 saturated carbocycles. The number of ether oxygens (including phenoxy) is 2. The molecule has 4 rings (SSSR count). The number of carbonyl (C=O) groups excluding carboxylic acids is 1. The van der Waals surface area contributed by atoms with Crippen molar-refractivity contribution in [1.82, 2.24) is 4.98 Å². The lowest BCUT2D eigenvalue weighted by molar-refractivity contribution is -0.118. The number of amides is 1. The third-order valence-electron chi connectivity index (χ3n) is 5.92. The van der Waals surface area contributed by atoms with Crippen LogP contribution in [0, 0.1) is 29.6 Å². The zero-order chi connectivity index (χ0) is 25.8. The van der Waals surface area contributed by atoms with Gasteiger partial charge in [-0.25, -0.2) is 4.98 Å². The molecule has 1 aromatic heterocycles. The number of hydrogen-bond donors (Lipinski definition) is 2. The van der Waals surface area contributed by atoms with Gasteiger partial charge in [0.25, 0.3) is 5.91 Å². The number of nitrogen functional groups attached to an aromatic ring is 1. The fraction of sp³-hybridized carbons (Fsp3) is 0.143. The number of anilines is 2. The lowest BCUT2D eigenvalue weighted by Gasteiger charge is -2.15. The van der Waals surface area contributed by atoms with Crippen LogP contribution in [0.4, 0.5) is 11.5 Å². The minimum atomic E-state index is -0.325. The van der Waals surface area contributed by atoms with Crippen LogP contribution >= 0.6 is 0 Å². The highest BCUT2D eigenvalue weighted by atomic mass is 16.5. The van der Waals surface area contributed by atoms with Gasteiger partial charge < -0.3 is 20.5 Å². The number of nitriles is 2. The van der Waals surface area contributed by atoms with Gasteiger partial charge >= 0.3 is 0 Å². The van der Waals surface area contributed by atoms with E-state index < -0.39 is 0 Å². The topological polar surface area (TPSA) is 134 Å². The monoisotopic (exact) mass is 477 g/mol. The first-order valence-corrected chi connectivity index (χ1v) is 11.1. The third kappa shape index (κ3) is 4.36. The Balaban J connectivity index is 1.76. The van der Waals surface area contributed by atoms with Crippen LogP contribution in [0.1, 0.15) is 34.9 Å². The summed E-state index contributed by atoms with van der Waals surface area (Å²) in [6.45, 7) is 3.37. The largest absolute Gasteiger partial charge is 0.493 e. The van der Waals surface area contributed by atoms with Crippen molar-refractivity contribution in [2.24, 2.45) is 0 Å². The summed E-state index contributed by atoms with van der Waals surface area (Å²) in [6, 6.07) is 18.8. The summed E-state index contributed by atoms with van der Waals surface area (Å²) >= 11 is 0. The molecule has 1 aliphatic carbocycles. The zero-order valence-electron chi connectivity index (χ0n) is 20.0. The highest BCUT2D eigenvalue weighted by Crippen LogP contribution is 2.45. The number of carbonyl (C=O) groups is 1. The van der Waals surface area contributed by atoms with E-state index in [0.717, 1.165) is 5.57 Å². The molecule has 0 aliphatic heterocycles. The molecule has 1 aliphatic rings. The van der Waals surface area contributed by atoms with Crippen LogP contribution in [-0.2, 0) is 4.79 Å². The molecule has 0 unspecified atom stereocenters. The van der Waals surface area contributed by atoms with Gasteiger partial charge in [0.05, 0.1) is 23.9 Å². The van der Waals surface area contributed by atoms with E-state index in [1.54, 1.807) is 31.2 Å². The molecule has 0 fully saturated rings. The van der Waals surface area contributed by atoms with Crippen molar-refractivity contribution in [3.63, 3.8) is 0 Å². The molecule has 36 heavy (non-hydrogen) atoms. The summed E-state index contributed by atoms with van der Waals surface area (Å²) in [5.74, 6) is 0.582. The number of methoxy groups -OCH3 is 1. The molecule has 8 nitrogen and oxygen atoms in total. The third-order valence-corrected chi connectivity index (χ3v) is 5.92. The van der Waals surface area contributed by atoms with Crippen molar-refractivity contribution >= 4 is 34.6 Å². The van der Waals surface area contributed by atoms with E-state index in [2.05, 4.69) is 22.4 Å². The fourth-order valence-electron chi connectivity index (χ4n) is 4.17. The maximum atomic E-state index is 12.5. The number of benzene rings is 2. The fourth-order valence-corrected chi connectivity index (χ4v) is 4.17. The molecule has 0 saturated heterocycles. The van der Waals surface area contributed by atoms with Crippen molar-refractivity contribution in [3.05, 3.63) is 82.1 Å². The summed E-state index contributed by atoms with van der Waals surface area (Å²) in [7, 11) is 1.52. The van der Waals surface area contributed by atoms with E-state index in [-0.39, 0.29) is 23.9 Å². The summed E-state index contributed by atoms with van der Waals surface area (Å²) in [5, 5.41) is 22.2. The SMILES string of the molecule is COc1cccc(/C=C2\C(C)=C(C#N)c3nc(N)c(C#N)c(C)c32)c1OCC(=O)Nc1ccccc1. The van der Waals surface area contributed by atoms with Crippen molar-refractivity contribution < 1.29 is 14.3 Å². The lowest BCUT2D eigenvalue weighted by atomic mass is 9.95. The van der Waals surface area contributed by atoms with E-state index >= 15 is 0 Å². The molecule has 0 spiro atoms. The smallest absolute Gasteiger partial charge is 0.262 e. The van der Waals surface area contributed by atoms with Crippen molar-refractivity contribution in [2.45, 2.75) is 13.8 Å². The minimum Gasteiger partial charge on any atom is -0.493 e. The number of rotatable bonds is 6. The normalized spacial score (nSPS) is 13.1. The van der Waals surface area contributed by atoms with Crippen LogP contribution < -0.4 is 20.5 Å². The molecule has 8 heteroatoms. The maximum Gasteiger partial charge on any atom is 0.262 e.